The predicted molar refractivity (Wildman–Crippen MR) is 96.8 cm³/mol. The van der Waals surface area contributed by atoms with Crippen molar-refractivity contribution in [3.63, 3.8) is 0 Å². The number of nitrogens with zero attached hydrogens (tertiary/aromatic N) is 1. The lowest BCUT2D eigenvalue weighted by Crippen LogP contribution is -2.35. The van der Waals surface area contributed by atoms with Crippen LogP contribution in [0.5, 0.6) is 0 Å². The van der Waals surface area contributed by atoms with Gasteiger partial charge in [0, 0.05) is 19.0 Å². The summed E-state index contributed by atoms with van der Waals surface area (Å²) in [5, 5.41) is 0. The first-order valence-electron chi connectivity index (χ1n) is 7.87. The fourth-order valence-electron chi connectivity index (χ4n) is 2.59. The molecule has 0 bridgehead atoms. The quantitative estimate of drug-likeness (QED) is 0.543. The molecule has 2 rings (SSSR count). The van der Waals surface area contributed by atoms with Crippen molar-refractivity contribution >= 4 is 17.5 Å². The molecule has 0 atom stereocenters. The van der Waals surface area contributed by atoms with Crippen LogP contribution in [0.4, 0.5) is 0 Å². The smallest absolute Gasteiger partial charge is 0.234 e. The summed E-state index contributed by atoms with van der Waals surface area (Å²) in [5.74, 6) is 0.304. The van der Waals surface area contributed by atoms with Gasteiger partial charge >= 0.3 is 0 Å². The Balaban J connectivity index is 2.33. The maximum Gasteiger partial charge on any atom is 0.234 e. The van der Waals surface area contributed by atoms with Crippen molar-refractivity contribution in [2.45, 2.75) is 12.8 Å². The van der Waals surface area contributed by atoms with E-state index in [1.807, 2.05) is 84.6 Å². The number of likely N-dealkylation sites (N-methyl/N-ethyl adjacent to an activating group) is 1. The number of carbonyl (C=O) groups is 1. The molecule has 2 nitrogen and oxygen atoms in total. The third kappa shape index (κ3) is 4.70. The van der Waals surface area contributed by atoms with E-state index in [2.05, 4.69) is 0 Å². The topological polar surface area (TPSA) is 20.3 Å². The molecule has 1 amide bonds. The monoisotopic (exact) mass is 327 g/mol. The Morgan fingerprint density at radius 2 is 1.52 bits per heavy atom. The van der Waals surface area contributed by atoms with Gasteiger partial charge in [-0.1, -0.05) is 72.8 Å². The lowest BCUT2D eigenvalue weighted by molar-refractivity contribution is -0.131. The molecule has 0 aliphatic carbocycles. The van der Waals surface area contributed by atoms with Crippen molar-refractivity contribution < 1.29 is 4.79 Å². The highest BCUT2D eigenvalue weighted by Crippen LogP contribution is 2.26. The third-order valence-corrected chi connectivity index (χ3v) is 3.97. The minimum Gasteiger partial charge on any atom is -0.338 e. The maximum atomic E-state index is 13.1. The molecular weight excluding hydrogens is 306 g/mol. The number of hydrogen-bond acceptors (Lipinski definition) is 1. The zero-order valence-electron chi connectivity index (χ0n) is 13.4. The summed E-state index contributed by atoms with van der Waals surface area (Å²) in [7, 11) is 0. The predicted octanol–water partition coefficient (Wildman–Crippen LogP) is 4.46. The number of hydrogen-bond donors (Lipinski definition) is 0. The van der Waals surface area contributed by atoms with Crippen molar-refractivity contribution in [2.24, 2.45) is 0 Å². The molecule has 2 aromatic carbocycles. The fraction of sp³-hybridized carbons (Fsp3) is 0.250. The van der Waals surface area contributed by atoms with E-state index in [-0.39, 0.29) is 11.8 Å². The molecule has 0 N–H and O–H groups in total. The van der Waals surface area contributed by atoms with E-state index in [4.69, 9.17) is 11.6 Å². The van der Waals surface area contributed by atoms with E-state index in [9.17, 15) is 4.79 Å². The van der Waals surface area contributed by atoms with Crippen LogP contribution >= 0.6 is 11.6 Å². The van der Waals surface area contributed by atoms with Gasteiger partial charge in [0.25, 0.3) is 0 Å². The van der Waals surface area contributed by atoms with Crippen molar-refractivity contribution in [3.8, 4) is 0 Å². The Morgan fingerprint density at radius 3 is 1.96 bits per heavy atom. The van der Waals surface area contributed by atoms with Gasteiger partial charge in [-0.25, -0.2) is 0 Å². The summed E-state index contributed by atoms with van der Waals surface area (Å²) in [6, 6.07) is 19.9. The summed E-state index contributed by atoms with van der Waals surface area (Å²) in [5.41, 5.74) is 2.03. The highest BCUT2D eigenvalue weighted by molar-refractivity contribution is 6.18. The first-order valence-corrected chi connectivity index (χ1v) is 8.41. The number of benzene rings is 2. The Kier molecular flexibility index (Phi) is 6.89. The van der Waals surface area contributed by atoms with Gasteiger partial charge in [-0.15, -0.1) is 11.6 Å². The van der Waals surface area contributed by atoms with Crippen LogP contribution in [0, 0.1) is 0 Å². The molecule has 0 fully saturated rings. The molecule has 0 radical (unpaired) electrons. The van der Waals surface area contributed by atoms with Crippen LogP contribution in [0.1, 0.15) is 24.0 Å². The third-order valence-electron chi connectivity index (χ3n) is 3.79. The second-order valence-electron chi connectivity index (χ2n) is 5.26. The van der Waals surface area contributed by atoms with Crippen LogP contribution in [0.2, 0.25) is 0 Å². The Morgan fingerprint density at radius 1 is 1.00 bits per heavy atom. The normalized spacial score (nSPS) is 11.1. The number of amides is 1. The molecule has 120 valence electrons. The molecule has 23 heavy (non-hydrogen) atoms. The molecular formula is C20H22ClNO. The maximum absolute atomic E-state index is 13.1. The zero-order chi connectivity index (χ0) is 16.5. The van der Waals surface area contributed by atoms with Crippen LogP contribution in [0.3, 0.4) is 0 Å². The average molecular weight is 328 g/mol. The molecule has 0 aromatic heterocycles. The number of rotatable bonds is 7. The van der Waals surface area contributed by atoms with E-state index < -0.39 is 0 Å². The van der Waals surface area contributed by atoms with E-state index in [0.717, 1.165) is 11.1 Å². The van der Waals surface area contributed by atoms with E-state index in [1.165, 1.54) is 0 Å². The Bertz CT molecular complexity index is 585. The Labute approximate surface area is 143 Å². The van der Waals surface area contributed by atoms with Gasteiger partial charge in [-0.05, 0) is 18.1 Å². The SMILES string of the molecule is CCN(C/C=C\CCl)C(=O)C(c1ccccc1)c1ccccc1. The van der Waals surface area contributed by atoms with Gasteiger partial charge in [0.05, 0.1) is 5.92 Å². The van der Waals surface area contributed by atoms with Crippen molar-refractivity contribution in [2.75, 3.05) is 19.0 Å². The minimum atomic E-state index is -0.276. The van der Waals surface area contributed by atoms with E-state index >= 15 is 0 Å². The van der Waals surface area contributed by atoms with Crippen LogP contribution in [0.15, 0.2) is 72.8 Å². The molecule has 0 saturated heterocycles. The number of allylic oxidation sites excluding steroid dienone is 1. The van der Waals surface area contributed by atoms with Crippen LogP contribution in [-0.4, -0.2) is 29.8 Å². The molecule has 0 heterocycles. The zero-order valence-corrected chi connectivity index (χ0v) is 14.1. The van der Waals surface area contributed by atoms with E-state index in [1.54, 1.807) is 0 Å². The fourth-order valence-corrected chi connectivity index (χ4v) is 2.72. The molecule has 0 saturated carbocycles. The Hall–Kier alpha value is -2.06. The largest absolute Gasteiger partial charge is 0.338 e. The second-order valence-corrected chi connectivity index (χ2v) is 5.57. The standard InChI is InChI=1S/C20H22ClNO/c1-2-22(16-10-9-15-21)20(23)19(17-11-5-3-6-12-17)18-13-7-4-8-14-18/h3-14,19H,2,15-16H2,1H3/b10-9-. The van der Waals surface area contributed by atoms with Gasteiger partial charge in [-0.2, -0.15) is 0 Å². The summed E-state index contributed by atoms with van der Waals surface area (Å²) in [6.07, 6.45) is 3.82. The summed E-state index contributed by atoms with van der Waals surface area (Å²) in [6.45, 7) is 3.25. The van der Waals surface area contributed by atoms with Crippen LogP contribution in [0.25, 0.3) is 0 Å². The van der Waals surface area contributed by atoms with Crippen molar-refractivity contribution in [1.82, 2.24) is 4.90 Å². The van der Waals surface area contributed by atoms with E-state index in [0.29, 0.717) is 19.0 Å². The highest BCUT2D eigenvalue weighted by Gasteiger charge is 2.26. The molecule has 0 unspecified atom stereocenters. The van der Waals surface area contributed by atoms with Gasteiger partial charge in [0.15, 0.2) is 0 Å². The second kappa shape index (κ2) is 9.16. The molecule has 3 heteroatoms. The van der Waals surface area contributed by atoms with Gasteiger partial charge in [-0.3, -0.25) is 4.79 Å². The van der Waals surface area contributed by atoms with Gasteiger partial charge in [0.2, 0.25) is 5.91 Å². The summed E-state index contributed by atoms with van der Waals surface area (Å²) in [4.78, 5) is 15.0. The van der Waals surface area contributed by atoms with Crippen LogP contribution < -0.4 is 0 Å². The molecule has 0 aliphatic rings. The first-order chi connectivity index (χ1) is 11.3. The van der Waals surface area contributed by atoms with Gasteiger partial charge in [0.1, 0.15) is 0 Å². The van der Waals surface area contributed by atoms with Gasteiger partial charge < -0.3 is 4.90 Å². The average Bonchev–Trinajstić information content (AvgIpc) is 2.61. The van der Waals surface area contributed by atoms with Crippen LogP contribution in [-0.2, 0) is 4.79 Å². The molecule has 0 spiro atoms. The van der Waals surface area contributed by atoms with Crippen molar-refractivity contribution in [3.05, 3.63) is 83.9 Å². The number of alkyl halides is 1. The lowest BCUT2D eigenvalue weighted by atomic mass is 9.90. The first kappa shape index (κ1) is 17.3. The summed E-state index contributed by atoms with van der Waals surface area (Å²) < 4.78 is 0. The lowest BCUT2D eigenvalue weighted by Gasteiger charge is -2.26. The number of halogens is 1. The number of carbonyl (C=O) groups excluding carboxylic acids is 1. The molecule has 2 aromatic rings. The summed E-state index contributed by atoms with van der Waals surface area (Å²) >= 11 is 5.67. The molecule has 0 aliphatic heterocycles. The highest BCUT2D eigenvalue weighted by atomic mass is 35.5. The minimum absolute atomic E-state index is 0.115. The van der Waals surface area contributed by atoms with Crippen molar-refractivity contribution in [1.29, 1.82) is 0 Å².